The number of H-pyrrole nitrogens is 1. The maximum atomic E-state index is 13.8. The lowest BCUT2D eigenvalue weighted by Gasteiger charge is -2.31. The largest absolute Gasteiger partial charge is 0.465 e. The highest BCUT2D eigenvalue weighted by Crippen LogP contribution is 2.35. The topological polar surface area (TPSA) is 144 Å². The Labute approximate surface area is 223 Å². The molecule has 0 bridgehead atoms. The van der Waals surface area contributed by atoms with Crippen LogP contribution in [0.2, 0.25) is 5.02 Å². The molecule has 38 heavy (non-hydrogen) atoms. The van der Waals surface area contributed by atoms with E-state index in [1.807, 2.05) is 29.2 Å². The van der Waals surface area contributed by atoms with E-state index < -0.39 is 11.9 Å². The SMILES string of the molecule is CN=C(N)N(C(=O)c1ccc(-c2cnn(C3CC3)c2)cc1)[C@H](COC=O)c1ccc(Cl)c(-c2ncn[nH]2)c1. The van der Waals surface area contributed by atoms with E-state index in [-0.39, 0.29) is 12.6 Å². The Morgan fingerprint density at radius 1 is 1.29 bits per heavy atom. The first kappa shape index (κ1) is 25.2. The van der Waals surface area contributed by atoms with Crippen molar-refractivity contribution in [3.63, 3.8) is 0 Å². The van der Waals surface area contributed by atoms with Crippen LogP contribution in [0.5, 0.6) is 0 Å². The van der Waals surface area contributed by atoms with Crippen LogP contribution in [0, 0.1) is 0 Å². The quantitative estimate of drug-likeness (QED) is 0.190. The average molecular weight is 533 g/mol. The number of nitrogens with zero attached hydrogens (tertiary/aromatic N) is 6. The molecule has 194 valence electrons. The normalized spacial score (nSPS) is 14.2. The van der Waals surface area contributed by atoms with Crippen molar-refractivity contribution >= 4 is 29.9 Å². The molecule has 0 spiro atoms. The van der Waals surface area contributed by atoms with Gasteiger partial charge in [0.25, 0.3) is 12.4 Å². The third-order valence-corrected chi connectivity index (χ3v) is 6.69. The molecule has 11 nitrogen and oxygen atoms in total. The zero-order valence-electron chi connectivity index (χ0n) is 20.5. The summed E-state index contributed by atoms with van der Waals surface area (Å²) in [5, 5.41) is 11.5. The standard InChI is InChI=1S/C26H25ClN8O3/c1-29-26(28)35(23(13-38-15-36)18-6-9-22(27)21(10-18)24-30-14-31-33-24)25(37)17-4-2-16(3-5-17)19-11-32-34(12-19)20-7-8-20/h2-6,9-12,14-15,20,23H,7-8,13H2,1H3,(H2,28,29)(H,30,31,33)/t23-/m1/s1. The number of aromatic nitrogens is 5. The number of benzene rings is 2. The van der Waals surface area contributed by atoms with Gasteiger partial charge in [0, 0.05) is 29.9 Å². The first-order chi connectivity index (χ1) is 18.5. The molecule has 2 aromatic carbocycles. The minimum absolute atomic E-state index is 0.0412. The van der Waals surface area contributed by atoms with E-state index in [0.717, 1.165) is 24.0 Å². The number of amides is 1. The number of hydrogen-bond donors (Lipinski definition) is 2. The van der Waals surface area contributed by atoms with Gasteiger partial charge in [0.15, 0.2) is 11.8 Å². The zero-order chi connectivity index (χ0) is 26.6. The molecule has 1 atom stereocenters. The Morgan fingerprint density at radius 2 is 2.08 bits per heavy atom. The highest BCUT2D eigenvalue weighted by atomic mass is 35.5. The second kappa shape index (κ2) is 10.9. The fourth-order valence-electron chi connectivity index (χ4n) is 4.20. The Morgan fingerprint density at radius 3 is 2.74 bits per heavy atom. The Bertz CT molecular complexity index is 1460. The lowest BCUT2D eigenvalue weighted by atomic mass is 10.0. The minimum atomic E-state index is -0.799. The van der Waals surface area contributed by atoms with Crippen LogP contribution in [0.15, 0.2) is 66.2 Å². The van der Waals surface area contributed by atoms with E-state index in [2.05, 4.69) is 25.3 Å². The maximum Gasteiger partial charge on any atom is 0.293 e. The van der Waals surface area contributed by atoms with Crippen LogP contribution in [0.1, 0.15) is 40.8 Å². The summed E-state index contributed by atoms with van der Waals surface area (Å²) in [5.41, 5.74) is 9.69. The van der Waals surface area contributed by atoms with Crippen LogP contribution in [-0.2, 0) is 9.53 Å². The van der Waals surface area contributed by atoms with Crippen LogP contribution in [0.3, 0.4) is 0 Å². The number of halogens is 1. The molecule has 0 radical (unpaired) electrons. The molecule has 0 aliphatic heterocycles. The summed E-state index contributed by atoms with van der Waals surface area (Å²) < 4.78 is 7.09. The second-order valence-electron chi connectivity index (χ2n) is 8.79. The first-order valence-electron chi connectivity index (χ1n) is 11.9. The highest BCUT2D eigenvalue weighted by Gasteiger charge is 2.31. The van der Waals surface area contributed by atoms with E-state index in [0.29, 0.717) is 40.1 Å². The number of carbonyl (C=O) groups excluding carboxylic acids is 2. The highest BCUT2D eigenvalue weighted by molar-refractivity contribution is 6.33. The van der Waals surface area contributed by atoms with Crippen molar-refractivity contribution < 1.29 is 14.3 Å². The fraction of sp³-hybridized carbons (Fsp3) is 0.231. The van der Waals surface area contributed by atoms with Gasteiger partial charge in [0.05, 0.1) is 23.3 Å². The van der Waals surface area contributed by atoms with Crippen molar-refractivity contribution in [2.45, 2.75) is 24.9 Å². The van der Waals surface area contributed by atoms with Crippen LogP contribution in [0.25, 0.3) is 22.5 Å². The van der Waals surface area contributed by atoms with Gasteiger partial charge in [-0.05, 0) is 48.2 Å². The number of ether oxygens (including phenoxy) is 1. The maximum absolute atomic E-state index is 13.8. The summed E-state index contributed by atoms with van der Waals surface area (Å²) in [5.74, 6) is -0.00745. The fourth-order valence-corrected chi connectivity index (χ4v) is 4.41. The van der Waals surface area contributed by atoms with Gasteiger partial charge in [-0.15, -0.1) is 0 Å². The Balaban J connectivity index is 1.48. The molecule has 1 saturated carbocycles. The predicted octanol–water partition coefficient (Wildman–Crippen LogP) is 3.62. The van der Waals surface area contributed by atoms with Crippen LogP contribution in [-0.4, -0.2) is 61.9 Å². The van der Waals surface area contributed by atoms with Crippen molar-refractivity contribution in [2.24, 2.45) is 10.7 Å². The first-order valence-corrected chi connectivity index (χ1v) is 12.3. The third-order valence-electron chi connectivity index (χ3n) is 6.36. The summed E-state index contributed by atoms with van der Waals surface area (Å²) in [7, 11) is 1.48. The van der Waals surface area contributed by atoms with E-state index in [1.54, 1.807) is 30.3 Å². The zero-order valence-corrected chi connectivity index (χ0v) is 21.2. The van der Waals surface area contributed by atoms with Crippen molar-refractivity contribution in [2.75, 3.05) is 13.7 Å². The molecule has 3 N–H and O–H groups in total. The molecule has 0 saturated heterocycles. The van der Waals surface area contributed by atoms with Crippen molar-refractivity contribution in [1.82, 2.24) is 29.9 Å². The van der Waals surface area contributed by atoms with Crippen molar-refractivity contribution in [1.29, 1.82) is 0 Å². The second-order valence-corrected chi connectivity index (χ2v) is 9.20. The minimum Gasteiger partial charge on any atom is -0.465 e. The Hall–Kier alpha value is -4.51. The summed E-state index contributed by atoms with van der Waals surface area (Å²) >= 11 is 6.40. The van der Waals surface area contributed by atoms with E-state index in [9.17, 15) is 9.59 Å². The number of nitrogens with two attached hydrogens (primary N) is 1. The van der Waals surface area contributed by atoms with Gasteiger partial charge in [-0.2, -0.15) is 10.2 Å². The van der Waals surface area contributed by atoms with Gasteiger partial charge in [0.2, 0.25) is 0 Å². The number of hydrogen-bond acceptors (Lipinski definition) is 7. The molecule has 0 unspecified atom stereocenters. The number of guanidine groups is 1. The summed E-state index contributed by atoms with van der Waals surface area (Å²) in [6.07, 6.45) is 7.49. The number of aromatic amines is 1. The Kier molecular flexibility index (Phi) is 7.18. The molecule has 4 aromatic rings. The number of rotatable bonds is 9. The van der Waals surface area contributed by atoms with E-state index >= 15 is 0 Å². The lowest BCUT2D eigenvalue weighted by Crippen LogP contribution is -2.46. The molecule has 1 fully saturated rings. The van der Waals surface area contributed by atoms with Gasteiger partial charge in [-0.25, -0.2) is 4.98 Å². The van der Waals surface area contributed by atoms with Gasteiger partial charge < -0.3 is 10.5 Å². The molecule has 1 amide bonds. The van der Waals surface area contributed by atoms with E-state index in [4.69, 9.17) is 22.1 Å². The molecule has 1 aliphatic carbocycles. The van der Waals surface area contributed by atoms with Gasteiger partial charge in [0.1, 0.15) is 12.9 Å². The predicted molar refractivity (Wildman–Crippen MR) is 141 cm³/mol. The van der Waals surface area contributed by atoms with Crippen molar-refractivity contribution in [3.8, 4) is 22.5 Å². The molecular weight excluding hydrogens is 508 g/mol. The smallest absolute Gasteiger partial charge is 0.293 e. The summed E-state index contributed by atoms with van der Waals surface area (Å²) in [6.45, 7) is 0.153. The van der Waals surface area contributed by atoms with Crippen LogP contribution in [0.4, 0.5) is 0 Å². The van der Waals surface area contributed by atoms with Crippen LogP contribution < -0.4 is 5.73 Å². The lowest BCUT2D eigenvalue weighted by molar-refractivity contribution is -0.129. The average Bonchev–Trinajstić information content (AvgIpc) is 3.42. The molecule has 2 heterocycles. The molecule has 1 aliphatic rings. The summed E-state index contributed by atoms with van der Waals surface area (Å²) in [6, 6.07) is 12.0. The molecule has 2 aromatic heterocycles. The number of carbonyl (C=O) groups is 2. The van der Waals surface area contributed by atoms with Gasteiger partial charge in [-0.3, -0.25) is 29.3 Å². The van der Waals surface area contributed by atoms with Crippen LogP contribution >= 0.6 is 11.6 Å². The van der Waals surface area contributed by atoms with E-state index in [1.165, 1.54) is 18.3 Å². The van der Waals surface area contributed by atoms with Gasteiger partial charge >= 0.3 is 0 Å². The number of aliphatic imine (C=N–C) groups is 1. The molecular formula is C26H25ClN8O3. The monoisotopic (exact) mass is 532 g/mol. The third kappa shape index (κ3) is 5.14. The van der Waals surface area contributed by atoms with Gasteiger partial charge in [-0.1, -0.05) is 29.8 Å². The molecule has 5 rings (SSSR count). The summed E-state index contributed by atoms with van der Waals surface area (Å²) in [4.78, 5) is 34.5. The van der Waals surface area contributed by atoms with Crippen molar-refractivity contribution in [3.05, 3.63) is 77.3 Å². The number of nitrogens with one attached hydrogen (secondary N) is 1. The molecule has 12 heteroatoms.